The average molecular weight is 178 g/mol. The van der Waals surface area contributed by atoms with Crippen molar-refractivity contribution in [3.8, 4) is 0 Å². The summed E-state index contributed by atoms with van der Waals surface area (Å²) < 4.78 is 0. The summed E-state index contributed by atoms with van der Waals surface area (Å²) in [6, 6.07) is 0. The summed E-state index contributed by atoms with van der Waals surface area (Å²) in [5, 5.41) is 0. The van der Waals surface area contributed by atoms with Crippen LogP contribution in [-0.4, -0.2) is 16.2 Å². The molecule has 0 N–H and O–H groups in total. The summed E-state index contributed by atoms with van der Waals surface area (Å²) in [4.78, 5) is 0. The molecule has 66 valence electrons. The molecular weight excluding hydrogens is 159 g/mol. The van der Waals surface area contributed by atoms with Crippen molar-refractivity contribution in [2.24, 2.45) is 0 Å². The maximum atomic E-state index is 2.55. The van der Waals surface area contributed by atoms with Crippen molar-refractivity contribution in [2.75, 3.05) is 0 Å². The lowest BCUT2D eigenvalue weighted by Crippen LogP contribution is -2.14. The molecular formula is C10H19BSi. The van der Waals surface area contributed by atoms with Gasteiger partial charge >= 0.3 is 0 Å². The molecule has 0 aromatic heterocycles. The predicted octanol–water partition coefficient (Wildman–Crippen LogP) is 2.42. The van der Waals surface area contributed by atoms with Crippen molar-refractivity contribution in [3.63, 3.8) is 0 Å². The molecule has 0 aromatic rings. The highest BCUT2D eigenvalue weighted by atomic mass is 28.2. The normalized spacial score (nSPS) is 17.9. The van der Waals surface area contributed by atoms with Crippen LogP contribution in [0.2, 0.25) is 12.6 Å². The standard InChI is InChI=1S/C10H19BSi/c1-4-9-7-12-8-10(9)11(5-2)6-3/h7-8H,4-6,12H2,1-3H3. The molecule has 0 bridgehead atoms. The third kappa shape index (κ3) is 1.92. The Hall–Kier alpha value is -0.238. The minimum Gasteiger partial charge on any atom is -0.102 e. The van der Waals surface area contributed by atoms with Gasteiger partial charge < -0.3 is 0 Å². The lowest BCUT2D eigenvalue weighted by atomic mass is 9.40. The highest BCUT2D eigenvalue weighted by Crippen LogP contribution is 2.24. The summed E-state index contributed by atoms with van der Waals surface area (Å²) >= 11 is 0. The van der Waals surface area contributed by atoms with Crippen LogP contribution in [0.3, 0.4) is 0 Å². The second-order valence-corrected chi connectivity index (χ2v) is 4.78. The van der Waals surface area contributed by atoms with Gasteiger partial charge in [0.1, 0.15) is 0 Å². The van der Waals surface area contributed by atoms with Crippen molar-refractivity contribution in [2.45, 2.75) is 39.8 Å². The largest absolute Gasteiger partial charge is 0.174 e. The molecule has 0 nitrogen and oxygen atoms in total. The molecule has 0 aliphatic carbocycles. The molecule has 1 aliphatic heterocycles. The third-order valence-electron chi connectivity index (χ3n) is 2.88. The highest BCUT2D eigenvalue weighted by Gasteiger charge is 2.18. The maximum absolute atomic E-state index is 2.55. The molecule has 1 rings (SSSR count). The van der Waals surface area contributed by atoms with E-state index in [1.54, 1.807) is 11.0 Å². The molecule has 0 amide bonds. The van der Waals surface area contributed by atoms with Gasteiger partial charge in [-0.3, -0.25) is 0 Å². The first-order valence-corrected chi connectivity index (χ1v) is 6.86. The fourth-order valence-electron chi connectivity index (χ4n) is 2.08. The van der Waals surface area contributed by atoms with Crippen LogP contribution in [0.25, 0.3) is 0 Å². The monoisotopic (exact) mass is 178 g/mol. The molecule has 0 atom stereocenters. The Morgan fingerprint density at radius 2 is 1.83 bits per heavy atom. The van der Waals surface area contributed by atoms with E-state index in [0.717, 1.165) is 6.71 Å². The Morgan fingerprint density at radius 1 is 1.17 bits per heavy atom. The van der Waals surface area contributed by atoms with Gasteiger partial charge in [-0.15, -0.1) is 5.70 Å². The Bertz CT molecular complexity index is 202. The molecule has 2 heteroatoms. The van der Waals surface area contributed by atoms with Gasteiger partial charge in [-0.25, -0.2) is 0 Å². The van der Waals surface area contributed by atoms with Crippen LogP contribution >= 0.6 is 0 Å². The van der Waals surface area contributed by atoms with E-state index >= 15 is 0 Å². The van der Waals surface area contributed by atoms with E-state index in [2.05, 4.69) is 32.2 Å². The Kier molecular flexibility index (Phi) is 3.86. The topological polar surface area (TPSA) is 0 Å². The Morgan fingerprint density at radius 3 is 2.33 bits per heavy atom. The van der Waals surface area contributed by atoms with Crippen LogP contribution in [0, 0.1) is 0 Å². The molecule has 0 fully saturated rings. The van der Waals surface area contributed by atoms with Gasteiger partial charge in [0.05, 0.1) is 9.52 Å². The molecule has 1 aliphatic rings. The SMILES string of the molecule is CCB(CC)C1=C[SiH2]C=C1CC. The average Bonchev–Trinajstić information content (AvgIpc) is 2.55. The van der Waals surface area contributed by atoms with Crippen molar-refractivity contribution in [1.29, 1.82) is 0 Å². The first kappa shape index (κ1) is 9.85. The van der Waals surface area contributed by atoms with Gasteiger partial charge in [0.15, 0.2) is 6.71 Å². The van der Waals surface area contributed by atoms with E-state index in [1.165, 1.54) is 19.1 Å². The van der Waals surface area contributed by atoms with Crippen LogP contribution in [0.15, 0.2) is 22.4 Å². The van der Waals surface area contributed by atoms with E-state index < -0.39 is 0 Å². The van der Waals surface area contributed by atoms with Crippen molar-refractivity contribution < 1.29 is 0 Å². The molecule has 0 unspecified atom stereocenters. The number of hydrogen-bond donors (Lipinski definition) is 0. The fraction of sp³-hybridized carbons (Fsp3) is 0.600. The van der Waals surface area contributed by atoms with Crippen molar-refractivity contribution in [3.05, 3.63) is 22.4 Å². The van der Waals surface area contributed by atoms with E-state index in [9.17, 15) is 0 Å². The first-order valence-electron chi connectivity index (χ1n) is 5.22. The van der Waals surface area contributed by atoms with E-state index in [4.69, 9.17) is 0 Å². The van der Waals surface area contributed by atoms with Gasteiger partial charge in [-0.05, 0) is 6.42 Å². The summed E-state index contributed by atoms with van der Waals surface area (Å²) in [7, 11) is 0.0518. The molecule has 0 saturated heterocycles. The van der Waals surface area contributed by atoms with Crippen molar-refractivity contribution >= 4 is 16.2 Å². The van der Waals surface area contributed by atoms with Crippen molar-refractivity contribution in [1.82, 2.24) is 0 Å². The van der Waals surface area contributed by atoms with Crippen LogP contribution < -0.4 is 0 Å². The van der Waals surface area contributed by atoms with Gasteiger partial charge in [-0.2, -0.15) is 0 Å². The zero-order valence-electron chi connectivity index (χ0n) is 8.56. The number of allylic oxidation sites excluding steroid dienone is 2. The van der Waals surface area contributed by atoms with Crippen LogP contribution in [-0.2, 0) is 0 Å². The summed E-state index contributed by atoms with van der Waals surface area (Å²) in [5.41, 5.74) is 8.44. The minimum absolute atomic E-state index is 0.0518. The quantitative estimate of drug-likeness (QED) is 0.580. The Balaban J connectivity index is 2.68. The molecule has 0 aromatic carbocycles. The van der Waals surface area contributed by atoms with Gasteiger partial charge in [0.2, 0.25) is 0 Å². The van der Waals surface area contributed by atoms with Crippen LogP contribution in [0.4, 0.5) is 0 Å². The molecule has 0 spiro atoms. The Labute approximate surface area is 79.0 Å². The van der Waals surface area contributed by atoms with Gasteiger partial charge in [0.25, 0.3) is 0 Å². The molecule has 12 heavy (non-hydrogen) atoms. The first-order chi connectivity index (χ1) is 5.83. The molecule has 0 radical (unpaired) electrons. The fourth-order valence-corrected chi connectivity index (χ4v) is 3.86. The smallest absolute Gasteiger partial charge is 0.102 e. The minimum atomic E-state index is 0.0518. The van der Waals surface area contributed by atoms with Crippen LogP contribution in [0.1, 0.15) is 27.2 Å². The van der Waals surface area contributed by atoms with E-state index in [1.807, 2.05) is 0 Å². The molecule has 1 heterocycles. The molecule has 0 saturated carbocycles. The number of hydrogen-bond acceptors (Lipinski definition) is 0. The van der Waals surface area contributed by atoms with Gasteiger partial charge in [-0.1, -0.05) is 50.2 Å². The second-order valence-electron chi connectivity index (χ2n) is 3.49. The van der Waals surface area contributed by atoms with Gasteiger partial charge in [0, 0.05) is 0 Å². The highest BCUT2D eigenvalue weighted by molar-refractivity contribution is 6.71. The second kappa shape index (κ2) is 4.71. The van der Waals surface area contributed by atoms with E-state index in [0.29, 0.717) is 0 Å². The van der Waals surface area contributed by atoms with Crippen LogP contribution in [0.5, 0.6) is 0 Å². The predicted molar refractivity (Wildman–Crippen MR) is 61.7 cm³/mol. The third-order valence-corrected chi connectivity index (χ3v) is 4.28. The lowest BCUT2D eigenvalue weighted by Gasteiger charge is -2.13. The van der Waals surface area contributed by atoms with E-state index in [-0.39, 0.29) is 9.52 Å². The lowest BCUT2D eigenvalue weighted by molar-refractivity contribution is 1.14. The zero-order valence-corrected chi connectivity index (χ0v) is 9.97. The maximum Gasteiger partial charge on any atom is 0.174 e. The summed E-state index contributed by atoms with van der Waals surface area (Å²) in [5.74, 6) is 0. The summed E-state index contributed by atoms with van der Waals surface area (Å²) in [6.45, 7) is 7.75. The number of rotatable bonds is 4. The zero-order chi connectivity index (χ0) is 8.97. The summed E-state index contributed by atoms with van der Waals surface area (Å²) in [6.07, 6.45) is 3.87.